The zero-order valence-electron chi connectivity index (χ0n) is 18.5. The van der Waals surface area contributed by atoms with Crippen LogP contribution in [-0.4, -0.2) is 43.7 Å². The Morgan fingerprint density at radius 1 is 1.19 bits per heavy atom. The van der Waals surface area contributed by atoms with Crippen LogP contribution >= 0.6 is 0 Å². The van der Waals surface area contributed by atoms with Crippen LogP contribution in [0, 0.1) is 19.8 Å². The fraction of sp³-hybridized carbons (Fsp3) is 0.435. The van der Waals surface area contributed by atoms with Gasteiger partial charge in [-0.1, -0.05) is 27.3 Å². The van der Waals surface area contributed by atoms with Gasteiger partial charge in [-0.25, -0.2) is 4.98 Å². The molecule has 0 radical (unpaired) electrons. The highest BCUT2D eigenvalue weighted by Gasteiger charge is 2.35. The third kappa shape index (κ3) is 4.71. The van der Waals surface area contributed by atoms with E-state index in [1.165, 1.54) is 0 Å². The van der Waals surface area contributed by atoms with Gasteiger partial charge >= 0.3 is 0 Å². The summed E-state index contributed by atoms with van der Waals surface area (Å²) in [6.45, 7) is 9.09. The molecule has 170 valence electrons. The lowest BCUT2D eigenvalue weighted by Gasteiger charge is -2.36. The number of pyridine rings is 1. The summed E-state index contributed by atoms with van der Waals surface area (Å²) in [7, 11) is 1.90. The Labute approximate surface area is 189 Å². The lowest BCUT2D eigenvalue weighted by Crippen LogP contribution is -2.49. The number of carbonyl (C=O) groups is 1. The van der Waals surface area contributed by atoms with Crippen molar-refractivity contribution in [3.63, 3.8) is 0 Å². The average Bonchev–Trinajstić information content (AvgIpc) is 3.14. The van der Waals surface area contributed by atoms with E-state index in [9.17, 15) is 4.79 Å². The summed E-state index contributed by atoms with van der Waals surface area (Å²) in [6.07, 6.45) is 3.82. The van der Waals surface area contributed by atoms with Crippen molar-refractivity contribution in [1.82, 2.24) is 24.7 Å². The molecule has 4 rings (SSSR count). The number of fused-ring (bicyclic) bond motifs is 1. The topological polar surface area (TPSA) is 101 Å². The smallest absolute Gasteiger partial charge is 0.247 e. The van der Waals surface area contributed by atoms with Crippen molar-refractivity contribution in [3.8, 4) is 0 Å². The van der Waals surface area contributed by atoms with Gasteiger partial charge in [0.25, 0.3) is 0 Å². The molecule has 4 heterocycles. The molecule has 0 unspecified atom stereocenters. The minimum atomic E-state index is -0.261. The molecular weight excluding hydrogens is 404 g/mol. The number of aromatic nitrogens is 5. The molecule has 9 nitrogen and oxygen atoms in total. The third-order valence-corrected chi connectivity index (χ3v) is 5.38. The summed E-state index contributed by atoms with van der Waals surface area (Å²) < 4.78 is 1.87. The van der Waals surface area contributed by atoms with Crippen LogP contribution in [0.1, 0.15) is 43.9 Å². The zero-order valence-corrected chi connectivity index (χ0v) is 18.5. The van der Waals surface area contributed by atoms with E-state index in [0.29, 0.717) is 24.7 Å². The van der Waals surface area contributed by atoms with Gasteiger partial charge in [-0.05, 0) is 31.9 Å². The fourth-order valence-electron chi connectivity index (χ4n) is 3.91. The first kappa shape index (κ1) is 23.2. The Hall–Kier alpha value is -3.49. The van der Waals surface area contributed by atoms with Gasteiger partial charge < -0.3 is 15.5 Å². The van der Waals surface area contributed by atoms with Crippen LogP contribution in [0.3, 0.4) is 0 Å². The summed E-state index contributed by atoms with van der Waals surface area (Å²) in [4.78, 5) is 28.1. The van der Waals surface area contributed by atoms with Crippen molar-refractivity contribution >= 4 is 23.4 Å². The van der Waals surface area contributed by atoms with E-state index < -0.39 is 0 Å². The highest BCUT2D eigenvalue weighted by Crippen LogP contribution is 2.34. The Morgan fingerprint density at radius 3 is 2.69 bits per heavy atom. The van der Waals surface area contributed by atoms with Crippen molar-refractivity contribution < 1.29 is 4.79 Å². The molecule has 0 saturated heterocycles. The van der Waals surface area contributed by atoms with Crippen LogP contribution in [-0.2, 0) is 17.9 Å². The average molecular weight is 437 g/mol. The SMILES string of the molecule is C.Cc1cccc(Cn2cc(CNc3nc(C)c4c(n3)N(C)[C@@H](C(C)C)C(=O)N4)cn2)n1. The molecule has 0 aromatic carbocycles. The summed E-state index contributed by atoms with van der Waals surface area (Å²) in [5.74, 6) is 1.40. The molecule has 2 N–H and O–H groups in total. The molecule has 9 heteroatoms. The van der Waals surface area contributed by atoms with Crippen LogP contribution in [0.2, 0.25) is 0 Å². The second-order valence-corrected chi connectivity index (χ2v) is 8.29. The van der Waals surface area contributed by atoms with Gasteiger partial charge in [-0.15, -0.1) is 0 Å². The first-order valence-corrected chi connectivity index (χ1v) is 10.4. The summed E-state index contributed by atoms with van der Waals surface area (Å²) in [6, 6.07) is 5.72. The minimum Gasteiger partial charge on any atom is -0.350 e. The normalized spacial score (nSPS) is 15.2. The Kier molecular flexibility index (Phi) is 6.76. The largest absolute Gasteiger partial charge is 0.350 e. The maximum absolute atomic E-state index is 12.5. The summed E-state index contributed by atoms with van der Waals surface area (Å²) >= 11 is 0. The number of rotatable bonds is 6. The summed E-state index contributed by atoms with van der Waals surface area (Å²) in [5.41, 5.74) is 4.39. The van der Waals surface area contributed by atoms with E-state index in [1.54, 1.807) is 0 Å². The second-order valence-electron chi connectivity index (χ2n) is 8.29. The predicted octanol–water partition coefficient (Wildman–Crippen LogP) is 3.39. The van der Waals surface area contributed by atoms with E-state index >= 15 is 0 Å². The van der Waals surface area contributed by atoms with Crippen LogP contribution < -0.4 is 15.5 Å². The van der Waals surface area contributed by atoms with E-state index in [1.807, 2.05) is 74.9 Å². The first-order valence-electron chi connectivity index (χ1n) is 10.4. The molecule has 0 fully saturated rings. The van der Waals surface area contributed by atoms with Crippen molar-refractivity contribution in [3.05, 3.63) is 53.2 Å². The monoisotopic (exact) mass is 436 g/mol. The first-order chi connectivity index (χ1) is 14.8. The number of aryl methyl sites for hydroxylation is 2. The molecule has 1 aliphatic heterocycles. The molecule has 3 aromatic heterocycles. The maximum atomic E-state index is 12.5. The number of amides is 1. The summed E-state index contributed by atoms with van der Waals surface area (Å²) in [5, 5.41) is 10.7. The number of nitrogens with zero attached hydrogens (tertiary/aromatic N) is 6. The second kappa shape index (κ2) is 9.33. The Balaban J connectivity index is 0.00000289. The molecule has 1 amide bonds. The van der Waals surface area contributed by atoms with E-state index in [2.05, 4.69) is 30.7 Å². The number of likely N-dealkylation sites (N-methyl/N-ethyl adjacent to an activating group) is 1. The molecular formula is C23H32N8O. The van der Waals surface area contributed by atoms with Crippen LogP contribution in [0.5, 0.6) is 0 Å². The van der Waals surface area contributed by atoms with E-state index in [4.69, 9.17) is 0 Å². The number of carbonyl (C=O) groups excluding carboxylic acids is 1. The lowest BCUT2D eigenvalue weighted by atomic mass is 9.99. The van der Waals surface area contributed by atoms with E-state index in [-0.39, 0.29) is 25.3 Å². The maximum Gasteiger partial charge on any atom is 0.247 e. The molecule has 1 atom stereocenters. The lowest BCUT2D eigenvalue weighted by molar-refractivity contribution is -0.118. The quantitative estimate of drug-likeness (QED) is 0.611. The van der Waals surface area contributed by atoms with Crippen LogP contribution in [0.4, 0.5) is 17.5 Å². The van der Waals surface area contributed by atoms with Gasteiger partial charge in [0.1, 0.15) is 11.7 Å². The highest BCUT2D eigenvalue weighted by molar-refractivity contribution is 6.03. The fourth-order valence-corrected chi connectivity index (χ4v) is 3.91. The van der Waals surface area contributed by atoms with Gasteiger partial charge in [-0.2, -0.15) is 10.1 Å². The van der Waals surface area contributed by atoms with Gasteiger partial charge in [0.2, 0.25) is 11.9 Å². The molecule has 3 aromatic rings. The Bertz CT molecular complexity index is 1110. The van der Waals surface area contributed by atoms with Crippen LogP contribution in [0.15, 0.2) is 30.6 Å². The van der Waals surface area contributed by atoms with Crippen molar-refractivity contribution in [2.75, 3.05) is 22.6 Å². The van der Waals surface area contributed by atoms with Crippen molar-refractivity contribution in [1.29, 1.82) is 0 Å². The van der Waals surface area contributed by atoms with Gasteiger partial charge in [0.05, 0.1) is 24.1 Å². The predicted molar refractivity (Wildman–Crippen MR) is 127 cm³/mol. The van der Waals surface area contributed by atoms with Crippen LogP contribution in [0.25, 0.3) is 0 Å². The third-order valence-electron chi connectivity index (χ3n) is 5.38. The highest BCUT2D eigenvalue weighted by atomic mass is 16.2. The minimum absolute atomic E-state index is 0. The van der Waals surface area contributed by atoms with Crippen molar-refractivity contribution in [2.24, 2.45) is 5.92 Å². The molecule has 0 aliphatic carbocycles. The molecule has 0 spiro atoms. The molecule has 32 heavy (non-hydrogen) atoms. The molecule has 0 saturated carbocycles. The zero-order chi connectivity index (χ0) is 22.1. The number of hydrogen-bond acceptors (Lipinski definition) is 7. The van der Waals surface area contributed by atoms with Gasteiger partial charge in [0, 0.05) is 31.0 Å². The molecule has 1 aliphatic rings. The van der Waals surface area contributed by atoms with E-state index in [0.717, 1.165) is 28.5 Å². The Morgan fingerprint density at radius 2 is 1.97 bits per heavy atom. The van der Waals surface area contributed by atoms with Crippen molar-refractivity contribution in [2.45, 2.75) is 54.3 Å². The van der Waals surface area contributed by atoms with Gasteiger partial charge in [0.15, 0.2) is 5.82 Å². The van der Waals surface area contributed by atoms with Gasteiger partial charge in [-0.3, -0.25) is 14.5 Å². The standard InChI is InChI=1S/C22H28N8O.CH4/c1-13(2)19-21(31)27-18-15(4)26-22(28-20(18)29(19)5)23-9-16-10-24-30(11-16)12-17-8-6-7-14(3)25-17;/h6-8,10-11,13,19H,9,12H2,1-5H3,(H,27,31)(H,23,26,28);1H4/t19-;/m0./s1. The number of hydrogen-bond donors (Lipinski definition) is 2. The number of anilines is 3. The molecule has 0 bridgehead atoms. The number of nitrogens with one attached hydrogen (secondary N) is 2.